The van der Waals surface area contributed by atoms with Crippen LogP contribution >= 0.6 is 0 Å². The fourth-order valence-electron chi connectivity index (χ4n) is 9.40. The summed E-state index contributed by atoms with van der Waals surface area (Å²) in [6, 6.07) is -0.940. The van der Waals surface area contributed by atoms with E-state index in [-0.39, 0.29) is 18.9 Å². The first-order chi connectivity index (χ1) is 33.0. The zero-order chi connectivity index (χ0) is 49.8. The van der Waals surface area contributed by atoms with E-state index in [9.17, 15) is 38.2 Å². The lowest BCUT2D eigenvalue weighted by Crippen LogP contribution is -2.61. The van der Waals surface area contributed by atoms with E-state index in [4.69, 9.17) is 9.47 Å². The summed E-state index contributed by atoms with van der Waals surface area (Å²) >= 11 is 0. The first kappa shape index (κ1) is 64.9. The maximum Gasteiger partial charge on any atom is 0.397 e. The molecule has 0 radical (unpaired) electrons. The molecule has 1 saturated heterocycles. The summed E-state index contributed by atoms with van der Waals surface area (Å²) in [7, 11) is -5.09. The van der Waals surface area contributed by atoms with Gasteiger partial charge in [-0.2, -0.15) is 8.42 Å². The van der Waals surface area contributed by atoms with E-state index in [1.54, 1.807) is 6.08 Å². The Bertz CT molecular complexity index is 1260. The predicted molar refractivity (Wildman–Crippen MR) is 278 cm³/mol. The molecule has 0 aromatic rings. The van der Waals surface area contributed by atoms with Crippen molar-refractivity contribution in [1.82, 2.24) is 5.32 Å². The van der Waals surface area contributed by atoms with Gasteiger partial charge in [0, 0.05) is 6.42 Å². The molecule has 7 unspecified atom stereocenters. The number of carbonyl (C=O) groups excluding carboxylic acids is 1. The van der Waals surface area contributed by atoms with Gasteiger partial charge in [0.05, 0.1) is 25.4 Å². The Morgan fingerprint density at radius 3 is 1.28 bits per heavy atom. The van der Waals surface area contributed by atoms with Gasteiger partial charge in [-0.15, -0.1) is 0 Å². The van der Waals surface area contributed by atoms with Crippen molar-refractivity contribution >= 4 is 16.3 Å². The van der Waals surface area contributed by atoms with Crippen molar-refractivity contribution in [2.75, 3.05) is 13.2 Å². The largest absolute Gasteiger partial charge is 0.397 e. The Morgan fingerprint density at radius 2 is 0.926 bits per heavy atom. The molecule has 0 aliphatic carbocycles. The number of aliphatic hydroxyl groups excluding tert-OH is 4. The number of aliphatic hydroxyl groups is 4. The van der Waals surface area contributed by atoms with Gasteiger partial charge in [0.25, 0.3) is 0 Å². The van der Waals surface area contributed by atoms with Crippen LogP contribution in [0.5, 0.6) is 0 Å². The second kappa shape index (κ2) is 45.7. The smallest absolute Gasteiger partial charge is 0.394 e. The quantitative estimate of drug-likeness (QED) is 0.0193. The zero-order valence-corrected chi connectivity index (χ0v) is 44.5. The Morgan fingerprint density at radius 1 is 0.574 bits per heavy atom. The first-order valence-electron chi connectivity index (χ1n) is 28.6. The lowest BCUT2D eigenvalue weighted by Gasteiger charge is -2.41. The fraction of sp³-hybridized carbons (Fsp3) is 0.945. The van der Waals surface area contributed by atoms with Gasteiger partial charge in [-0.3, -0.25) is 9.35 Å². The summed E-state index contributed by atoms with van der Waals surface area (Å²) in [5, 5.41) is 45.0. The van der Waals surface area contributed by atoms with Crippen molar-refractivity contribution in [2.24, 2.45) is 0 Å². The minimum absolute atomic E-state index is 0.256. The van der Waals surface area contributed by atoms with Crippen LogP contribution in [0.1, 0.15) is 277 Å². The van der Waals surface area contributed by atoms with Crippen molar-refractivity contribution in [3.05, 3.63) is 12.2 Å². The molecular formula is C55H107NO11S. The van der Waals surface area contributed by atoms with Crippen LogP contribution in [-0.4, -0.2) is 95.4 Å². The number of allylic oxidation sites excluding steroid dienone is 1. The predicted octanol–water partition coefficient (Wildman–Crippen LogP) is 13.1. The number of ether oxygens (including phenoxy) is 2. The van der Waals surface area contributed by atoms with Crippen LogP contribution < -0.4 is 5.32 Å². The Labute approximate surface area is 417 Å². The van der Waals surface area contributed by atoms with Crippen molar-refractivity contribution in [2.45, 2.75) is 320 Å². The van der Waals surface area contributed by atoms with Crippen molar-refractivity contribution in [1.29, 1.82) is 0 Å². The normalized spacial score (nSPS) is 19.8. The maximum absolute atomic E-state index is 13.1. The Balaban J connectivity index is 2.38. The number of carbonyl (C=O) groups is 1. The molecule has 13 heteroatoms. The van der Waals surface area contributed by atoms with Gasteiger partial charge in [0.1, 0.15) is 24.4 Å². The Kier molecular flexibility index (Phi) is 43.6. The molecule has 6 N–H and O–H groups in total. The van der Waals surface area contributed by atoms with Crippen LogP contribution in [0, 0.1) is 0 Å². The third-order valence-electron chi connectivity index (χ3n) is 13.8. The molecule has 1 rings (SSSR count). The average Bonchev–Trinajstić information content (AvgIpc) is 3.31. The maximum atomic E-state index is 13.1. The number of nitrogens with one attached hydrogen (secondary N) is 1. The van der Waals surface area contributed by atoms with Gasteiger partial charge < -0.3 is 35.2 Å². The monoisotopic (exact) mass is 990 g/mol. The van der Waals surface area contributed by atoms with E-state index in [2.05, 4.69) is 23.3 Å². The van der Waals surface area contributed by atoms with E-state index in [1.165, 1.54) is 212 Å². The minimum atomic E-state index is -5.09. The molecule has 0 aromatic carbocycles. The van der Waals surface area contributed by atoms with Gasteiger partial charge in [0.15, 0.2) is 6.29 Å². The molecule has 1 aliphatic rings. The second-order valence-corrected chi connectivity index (χ2v) is 21.3. The molecule has 0 aromatic heterocycles. The number of amides is 1. The van der Waals surface area contributed by atoms with Crippen molar-refractivity contribution in [3.8, 4) is 0 Å². The zero-order valence-electron chi connectivity index (χ0n) is 43.7. The highest BCUT2D eigenvalue weighted by Crippen LogP contribution is 2.26. The van der Waals surface area contributed by atoms with Gasteiger partial charge >= 0.3 is 10.4 Å². The number of hydrogen-bond acceptors (Lipinski definition) is 10. The summed E-state index contributed by atoms with van der Waals surface area (Å²) in [6.07, 6.45) is 45.4. The van der Waals surface area contributed by atoms with Crippen LogP contribution in [0.3, 0.4) is 0 Å². The summed E-state index contributed by atoms with van der Waals surface area (Å²) in [4.78, 5) is 13.1. The third-order valence-corrected chi connectivity index (χ3v) is 14.3. The molecule has 1 heterocycles. The Hall–Kier alpha value is -1.16. The molecule has 1 amide bonds. The van der Waals surface area contributed by atoms with Crippen LogP contribution in [0.25, 0.3) is 0 Å². The SMILES string of the molecule is CCCCCCCCCCCCCCCCCCCC/C=C/C(O)C(COC1OC(CO)C(O)C(OS(=O)(=O)O)C1O)NC(=O)CCCCCCCCCCCCCCCCCCCCCCC. The van der Waals surface area contributed by atoms with Gasteiger partial charge in [-0.1, -0.05) is 264 Å². The standard InChI is InChI=1S/C55H107NO11S/c1-3-5-7-9-11-13-15-17-19-21-23-25-27-29-31-33-35-37-39-41-43-45-51(59)56-48(47-65-55-53(61)54(67-68(62,63)64)52(60)50(46-57)66-55)49(58)44-42-40-38-36-34-32-30-28-26-24-22-20-18-16-14-12-10-8-6-4-2/h42,44,48-50,52-55,57-58,60-61H,3-41,43,45-47H2,1-2H3,(H,56,59)(H,62,63,64)/b44-42+. The van der Waals surface area contributed by atoms with Crippen molar-refractivity contribution in [3.63, 3.8) is 0 Å². The van der Waals surface area contributed by atoms with Crippen LogP contribution in [-0.2, 0) is 28.9 Å². The third kappa shape index (κ3) is 37.6. The van der Waals surface area contributed by atoms with E-state index in [1.807, 2.05) is 6.08 Å². The van der Waals surface area contributed by atoms with E-state index >= 15 is 0 Å². The molecule has 0 saturated carbocycles. The summed E-state index contributed by atoms with van der Waals surface area (Å²) in [5.74, 6) is -0.256. The van der Waals surface area contributed by atoms with Crippen molar-refractivity contribution < 1.29 is 51.8 Å². The molecule has 1 fully saturated rings. The lowest BCUT2D eigenvalue weighted by molar-refractivity contribution is -0.298. The van der Waals surface area contributed by atoms with Gasteiger partial charge in [0.2, 0.25) is 5.91 Å². The summed E-state index contributed by atoms with van der Waals surface area (Å²) in [5.41, 5.74) is 0. The lowest BCUT2D eigenvalue weighted by atomic mass is 9.99. The molecule has 68 heavy (non-hydrogen) atoms. The molecule has 12 nitrogen and oxygen atoms in total. The first-order valence-corrected chi connectivity index (χ1v) is 29.9. The summed E-state index contributed by atoms with van der Waals surface area (Å²) < 4.78 is 47.8. The highest BCUT2D eigenvalue weighted by atomic mass is 32.3. The molecule has 0 spiro atoms. The van der Waals surface area contributed by atoms with Gasteiger partial charge in [-0.05, 0) is 19.3 Å². The topological polar surface area (TPSA) is 192 Å². The number of hydrogen-bond donors (Lipinski definition) is 6. The van der Waals surface area contributed by atoms with Crippen LogP contribution in [0.15, 0.2) is 12.2 Å². The van der Waals surface area contributed by atoms with E-state index in [0.717, 1.165) is 38.5 Å². The second-order valence-electron chi connectivity index (χ2n) is 20.2. The number of rotatable bonds is 50. The van der Waals surface area contributed by atoms with E-state index in [0.29, 0.717) is 6.42 Å². The molecular weight excluding hydrogens is 883 g/mol. The summed E-state index contributed by atoms with van der Waals surface area (Å²) in [6.45, 7) is 3.44. The molecule has 1 aliphatic heterocycles. The molecule has 7 atom stereocenters. The molecule has 404 valence electrons. The van der Waals surface area contributed by atoms with Crippen LogP contribution in [0.4, 0.5) is 0 Å². The van der Waals surface area contributed by atoms with Gasteiger partial charge in [-0.25, -0.2) is 4.18 Å². The number of unbranched alkanes of at least 4 members (excludes halogenated alkanes) is 38. The molecule has 0 bridgehead atoms. The average molecular weight is 991 g/mol. The highest BCUT2D eigenvalue weighted by Gasteiger charge is 2.48. The van der Waals surface area contributed by atoms with E-state index < -0.39 is 59.9 Å². The minimum Gasteiger partial charge on any atom is -0.394 e. The van der Waals surface area contributed by atoms with Crippen LogP contribution in [0.2, 0.25) is 0 Å². The fourth-order valence-corrected chi connectivity index (χ4v) is 9.91. The highest BCUT2D eigenvalue weighted by molar-refractivity contribution is 7.80.